The molecule has 0 fully saturated rings. The van der Waals surface area contributed by atoms with E-state index < -0.39 is 24.0 Å². The first-order chi connectivity index (χ1) is 18.4. The third-order valence-electron chi connectivity index (χ3n) is 5.07. The Bertz CT molecular complexity index is 1050. The summed E-state index contributed by atoms with van der Waals surface area (Å²) in [4.78, 5) is 37.1. The Balaban J connectivity index is -0.000000519. The van der Waals surface area contributed by atoms with Crippen molar-refractivity contribution in [2.24, 2.45) is 11.5 Å². The average molecular weight is 976 g/mol. The van der Waals surface area contributed by atoms with Crippen LogP contribution in [0.3, 0.4) is 0 Å². The molecule has 4 heterocycles. The van der Waals surface area contributed by atoms with E-state index in [-0.39, 0.29) is 79.8 Å². The van der Waals surface area contributed by atoms with Crippen LogP contribution in [0.1, 0.15) is 25.7 Å². The number of rotatable bonds is 9. The van der Waals surface area contributed by atoms with Crippen molar-refractivity contribution in [2.75, 3.05) is 0 Å². The van der Waals surface area contributed by atoms with Gasteiger partial charge in [0.15, 0.2) is 0 Å². The summed E-state index contributed by atoms with van der Waals surface area (Å²) in [7, 11) is 0. The van der Waals surface area contributed by atoms with E-state index in [1.165, 1.54) is 0 Å². The maximum absolute atomic E-state index is 10.2. The number of carboxylic acid groups (broad SMARTS) is 2. The van der Waals surface area contributed by atoms with E-state index >= 15 is 0 Å². The number of pyridine rings is 4. The van der Waals surface area contributed by atoms with Gasteiger partial charge in [0, 0.05) is 36.9 Å². The van der Waals surface area contributed by atoms with Crippen LogP contribution in [0.15, 0.2) is 97.6 Å². The average Bonchev–Trinajstić information content (AvgIpc) is 2.97. The van der Waals surface area contributed by atoms with Crippen LogP contribution < -0.4 is 46.5 Å². The van der Waals surface area contributed by atoms with Crippen LogP contribution in [0, 0.1) is 0 Å². The maximum Gasteiger partial charge on any atom is 2.00 e. The number of nitrogens with two attached hydrogens (primary N) is 2. The number of hydrogen-bond donors (Lipinski definition) is 2. The normalized spacial score (nSPS) is 10.4. The summed E-state index contributed by atoms with van der Waals surface area (Å²) in [6, 6.07) is 21.2. The van der Waals surface area contributed by atoms with E-state index in [0.29, 0.717) is 12.8 Å². The van der Waals surface area contributed by atoms with E-state index in [4.69, 9.17) is 11.5 Å². The molecule has 0 aromatic carbocycles. The van der Waals surface area contributed by atoms with Crippen LogP contribution in [0.2, 0.25) is 0 Å². The smallest absolute Gasteiger partial charge is 1.00 e. The second-order valence-electron chi connectivity index (χ2n) is 8.00. The van der Waals surface area contributed by atoms with Gasteiger partial charge in [-0.05, 0) is 61.4 Å². The summed E-state index contributed by atoms with van der Waals surface area (Å²) >= 11 is 0. The van der Waals surface area contributed by atoms with Crippen LogP contribution in [0.5, 0.6) is 0 Å². The van der Waals surface area contributed by atoms with E-state index in [1.807, 2.05) is 72.8 Å². The van der Waals surface area contributed by atoms with Crippen LogP contribution in [-0.4, -0.2) is 44.0 Å². The monoisotopic (exact) mass is 974 g/mol. The van der Waals surface area contributed by atoms with Crippen LogP contribution >= 0.6 is 0 Å². The molecule has 0 saturated heterocycles. The molecule has 4 N–H and O–H groups in total. The second kappa shape index (κ2) is 26.1. The standard InChI is InChI=1S/2C10H8N2.C8H16N2O4.2ClH.2Pt/c2*1-3-7-11-9(5-1)10-6-2-4-8-12-10;9-5(7(11)12)3-1-2-4-6(10)8(13)14;;;;/h2*1-8H;5-6H,1-4,9-10H2,(H,11,12)(H,13,14);2*1H;;/q;;;;;2*+2/p-4. The molecule has 0 amide bonds. The first kappa shape index (κ1) is 43.9. The summed E-state index contributed by atoms with van der Waals surface area (Å²) in [5.41, 5.74) is 14.0. The SMILES string of the molecule is NC(CCCCC(N)C(=O)[O-])C(=O)[O-].[Cl-].[Cl-].[Pt+2].[Pt+2].c1ccc(-c2ccccn2)nc1.c1ccc(-c2ccccn2)nc1. The number of hydrogen-bond acceptors (Lipinski definition) is 10. The molecule has 0 spiro atoms. The minimum Gasteiger partial charge on any atom is -1.00 e. The molecule has 4 rings (SSSR count). The van der Waals surface area contributed by atoms with Gasteiger partial charge in [-0.15, -0.1) is 0 Å². The largest absolute Gasteiger partial charge is 2.00 e. The van der Waals surface area contributed by atoms with Gasteiger partial charge in [0.1, 0.15) is 0 Å². The minimum absolute atomic E-state index is 0. The van der Waals surface area contributed by atoms with Crippen LogP contribution in [0.4, 0.5) is 0 Å². The van der Waals surface area contributed by atoms with Crippen molar-refractivity contribution in [3.63, 3.8) is 0 Å². The Morgan fingerprint density at radius 1 is 0.548 bits per heavy atom. The van der Waals surface area contributed by atoms with E-state index in [9.17, 15) is 19.8 Å². The molecule has 4 aromatic heterocycles. The van der Waals surface area contributed by atoms with Crippen molar-refractivity contribution < 1.29 is 86.7 Å². The first-order valence-corrected chi connectivity index (χ1v) is 12.0. The number of nitrogens with zero attached hydrogens (tertiary/aromatic N) is 4. The zero-order valence-electron chi connectivity index (χ0n) is 22.2. The third kappa shape index (κ3) is 18.1. The second-order valence-corrected chi connectivity index (χ2v) is 8.00. The molecule has 10 nitrogen and oxygen atoms in total. The zero-order chi connectivity index (χ0) is 27.6. The number of aromatic nitrogens is 4. The van der Waals surface area contributed by atoms with E-state index in [2.05, 4.69) is 19.9 Å². The summed E-state index contributed by atoms with van der Waals surface area (Å²) < 4.78 is 0. The fourth-order valence-corrected chi connectivity index (χ4v) is 3.02. The van der Waals surface area contributed by atoms with Crippen molar-refractivity contribution in [2.45, 2.75) is 37.8 Å². The van der Waals surface area contributed by atoms with Gasteiger partial charge in [0.2, 0.25) is 0 Å². The van der Waals surface area contributed by atoms with Crippen molar-refractivity contribution >= 4 is 11.9 Å². The molecule has 2 atom stereocenters. The quantitative estimate of drug-likeness (QED) is 0.154. The minimum atomic E-state index is -1.30. The van der Waals surface area contributed by atoms with Gasteiger partial charge in [-0.25, -0.2) is 0 Å². The maximum atomic E-state index is 10.2. The summed E-state index contributed by atoms with van der Waals surface area (Å²) in [6.45, 7) is 0. The fraction of sp³-hybridized carbons (Fsp3) is 0.214. The summed E-state index contributed by atoms with van der Waals surface area (Å²) in [6.07, 6.45) is 8.62. The molecule has 2 unspecified atom stereocenters. The molecule has 4 aromatic rings. The Hall–Kier alpha value is -2.58. The molecule has 42 heavy (non-hydrogen) atoms. The number of carbonyl (C=O) groups is 2. The zero-order valence-corrected chi connectivity index (χ0v) is 28.2. The van der Waals surface area contributed by atoms with Crippen molar-refractivity contribution in [3.05, 3.63) is 97.6 Å². The number of unbranched alkanes of at least 4 members (excludes halogenated alkanes) is 1. The molecule has 0 aliphatic rings. The molecule has 0 radical (unpaired) electrons. The predicted octanol–water partition coefficient (Wildman–Crippen LogP) is -5.01. The van der Waals surface area contributed by atoms with Crippen molar-refractivity contribution in [1.29, 1.82) is 0 Å². The molecule has 0 aliphatic heterocycles. The Morgan fingerprint density at radius 3 is 0.952 bits per heavy atom. The third-order valence-corrected chi connectivity index (χ3v) is 5.07. The van der Waals surface area contributed by atoms with Gasteiger partial charge < -0.3 is 56.1 Å². The number of aliphatic carboxylic acids is 2. The molecule has 14 heteroatoms. The summed E-state index contributed by atoms with van der Waals surface area (Å²) in [5, 5.41) is 20.3. The number of carboxylic acids is 2. The summed E-state index contributed by atoms with van der Waals surface area (Å²) in [5.74, 6) is -2.59. The van der Waals surface area contributed by atoms with Gasteiger partial charge in [0.05, 0.1) is 34.7 Å². The Kier molecular flexibility index (Phi) is 27.2. The van der Waals surface area contributed by atoms with Crippen molar-refractivity contribution in [1.82, 2.24) is 19.9 Å². The molecule has 0 aliphatic carbocycles. The molecule has 0 bridgehead atoms. The van der Waals surface area contributed by atoms with Crippen LogP contribution in [-0.2, 0) is 51.7 Å². The van der Waals surface area contributed by atoms with Gasteiger partial charge in [-0.1, -0.05) is 37.1 Å². The number of halogens is 2. The van der Waals surface area contributed by atoms with Gasteiger partial charge in [-0.2, -0.15) is 0 Å². The topological polar surface area (TPSA) is 184 Å². The Labute approximate surface area is 286 Å². The first-order valence-electron chi connectivity index (χ1n) is 12.0. The van der Waals surface area contributed by atoms with Gasteiger partial charge in [0.25, 0.3) is 0 Å². The van der Waals surface area contributed by atoms with E-state index in [1.54, 1.807) is 24.8 Å². The Morgan fingerprint density at radius 2 is 0.786 bits per heavy atom. The van der Waals surface area contributed by atoms with Gasteiger partial charge >= 0.3 is 42.1 Å². The molecule has 0 saturated carbocycles. The molecular formula is C28H30Cl2N6O4Pt2. The molecule has 230 valence electrons. The fourth-order valence-electron chi connectivity index (χ4n) is 3.02. The number of carbonyl (C=O) groups excluding carboxylic acids is 2. The van der Waals surface area contributed by atoms with Gasteiger partial charge in [-0.3, -0.25) is 19.9 Å². The van der Waals surface area contributed by atoms with Crippen molar-refractivity contribution in [3.8, 4) is 22.8 Å². The molecular weight excluding hydrogens is 945 g/mol. The van der Waals surface area contributed by atoms with E-state index in [0.717, 1.165) is 22.8 Å². The van der Waals surface area contributed by atoms with Crippen LogP contribution in [0.25, 0.3) is 22.8 Å². The predicted molar refractivity (Wildman–Crippen MR) is 139 cm³/mol.